The van der Waals surface area contributed by atoms with Gasteiger partial charge in [0.2, 0.25) is 10.0 Å². The van der Waals surface area contributed by atoms with Gasteiger partial charge in [-0.25, -0.2) is 26.9 Å². The molecule has 3 N–H and O–H groups in total. The van der Waals surface area contributed by atoms with Gasteiger partial charge in [0.15, 0.2) is 11.6 Å². The van der Waals surface area contributed by atoms with Gasteiger partial charge in [-0.2, -0.15) is 0 Å². The molecule has 5 nitrogen and oxygen atoms in total. The Balaban J connectivity index is 2.13. The third-order valence-corrected chi connectivity index (χ3v) is 3.91. The molecule has 0 aliphatic carbocycles. The van der Waals surface area contributed by atoms with Crippen molar-refractivity contribution < 1.29 is 17.2 Å². The molecule has 0 amide bonds. The van der Waals surface area contributed by atoms with E-state index >= 15 is 0 Å². The van der Waals surface area contributed by atoms with Crippen molar-refractivity contribution >= 4 is 15.8 Å². The number of nitrogens with one attached hydrogen (secondary N) is 1. The first-order chi connectivity index (χ1) is 9.38. The van der Waals surface area contributed by atoms with Crippen LogP contribution in [0.15, 0.2) is 41.4 Å². The predicted molar refractivity (Wildman–Crippen MR) is 69.0 cm³/mol. The highest BCUT2D eigenvalue weighted by Gasteiger charge is 2.14. The molecule has 0 fully saturated rings. The predicted octanol–water partition coefficient (Wildman–Crippen LogP) is 1.42. The van der Waals surface area contributed by atoms with Crippen LogP contribution < -0.4 is 10.5 Å². The zero-order valence-corrected chi connectivity index (χ0v) is 11.0. The summed E-state index contributed by atoms with van der Waals surface area (Å²) in [7, 11) is -3.78. The van der Waals surface area contributed by atoms with Crippen LogP contribution in [0.3, 0.4) is 0 Å². The Hall–Kier alpha value is -2.06. The minimum absolute atomic E-state index is 0.0608. The standard InChI is InChI=1S/C12H11F2N3O2S/c13-10-3-1-8(5-11(10)14)6-17-20(18,19)9-2-4-12(15)16-7-9/h1-5,7,17H,6H2,(H2,15,16). The Morgan fingerprint density at radius 2 is 1.90 bits per heavy atom. The molecule has 1 aromatic heterocycles. The molecule has 0 saturated heterocycles. The lowest BCUT2D eigenvalue weighted by atomic mass is 10.2. The lowest BCUT2D eigenvalue weighted by Gasteiger charge is -2.07. The normalized spacial score (nSPS) is 11.5. The molecule has 0 aliphatic heterocycles. The summed E-state index contributed by atoms with van der Waals surface area (Å²) < 4.78 is 51.8. The molecule has 1 heterocycles. The van der Waals surface area contributed by atoms with E-state index in [1.165, 1.54) is 18.2 Å². The van der Waals surface area contributed by atoms with E-state index in [2.05, 4.69) is 9.71 Å². The van der Waals surface area contributed by atoms with E-state index in [-0.39, 0.29) is 17.3 Å². The van der Waals surface area contributed by atoms with Crippen molar-refractivity contribution in [3.63, 3.8) is 0 Å². The van der Waals surface area contributed by atoms with E-state index in [9.17, 15) is 17.2 Å². The van der Waals surface area contributed by atoms with E-state index in [0.717, 1.165) is 18.3 Å². The summed E-state index contributed by atoms with van der Waals surface area (Å²) in [5, 5.41) is 0. The van der Waals surface area contributed by atoms with Crippen molar-refractivity contribution in [2.24, 2.45) is 0 Å². The van der Waals surface area contributed by atoms with Crippen LogP contribution in [0.1, 0.15) is 5.56 Å². The van der Waals surface area contributed by atoms with Gasteiger partial charge >= 0.3 is 0 Å². The number of benzene rings is 1. The van der Waals surface area contributed by atoms with Gasteiger partial charge in [-0.15, -0.1) is 0 Å². The van der Waals surface area contributed by atoms with Gasteiger partial charge in [-0.3, -0.25) is 0 Å². The number of nitrogens with two attached hydrogens (primary N) is 1. The lowest BCUT2D eigenvalue weighted by Crippen LogP contribution is -2.23. The van der Waals surface area contributed by atoms with Crippen molar-refractivity contribution in [3.8, 4) is 0 Å². The van der Waals surface area contributed by atoms with E-state index in [4.69, 9.17) is 5.73 Å². The number of hydrogen-bond donors (Lipinski definition) is 2. The molecule has 0 radical (unpaired) electrons. The maximum Gasteiger partial charge on any atom is 0.242 e. The van der Waals surface area contributed by atoms with Gasteiger partial charge in [0.25, 0.3) is 0 Å². The molecule has 20 heavy (non-hydrogen) atoms. The molecule has 0 bridgehead atoms. The zero-order valence-electron chi connectivity index (χ0n) is 10.2. The van der Waals surface area contributed by atoms with Gasteiger partial charge < -0.3 is 5.73 Å². The minimum Gasteiger partial charge on any atom is -0.384 e. The highest BCUT2D eigenvalue weighted by atomic mass is 32.2. The fourth-order valence-corrected chi connectivity index (χ4v) is 2.42. The molecular weight excluding hydrogens is 288 g/mol. The van der Waals surface area contributed by atoms with Crippen molar-refractivity contribution in [1.82, 2.24) is 9.71 Å². The molecule has 0 atom stereocenters. The fraction of sp³-hybridized carbons (Fsp3) is 0.0833. The van der Waals surface area contributed by atoms with E-state index in [1.54, 1.807) is 0 Å². The molecule has 8 heteroatoms. The van der Waals surface area contributed by atoms with E-state index in [1.807, 2.05) is 0 Å². The molecule has 1 aromatic carbocycles. The van der Waals surface area contributed by atoms with Crippen LogP contribution in [0.2, 0.25) is 0 Å². The van der Waals surface area contributed by atoms with Crippen molar-refractivity contribution in [3.05, 3.63) is 53.7 Å². The minimum atomic E-state index is -3.78. The van der Waals surface area contributed by atoms with Crippen LogP contribution >= 0.6 is 0 Å². The summed E-state index contributed by atoms with van der Waals surface area (Å²) in [6.07, 6.45) is 1.11. The number of rotatable bonds is 4. The smallest absolute Gasteiger partial charge is 0.242 e. The number of halogens is 2. The van der Waals surface area contributed by atoms with Crippen molar-refractivity contribution in [1.29, 1.82) is 0 Å². The Morgan fingerprint density at radius 3 is 2.50 bits per heavy atom. The summed E-state index contributed by atoms with van der Waals surface area (Å²) in [6.45, 7) is -0.163. The molecule has 0 spiro atoms. The number of aromatic nitrogens is 1. The first kappa shape index (κ1) is 14.4. The topological polar surface area (TPSA) is 85.1 Å². The van der Waals surface area contributed by atoms with E-state index in [0.29, 0.717) is 5.56 Å². The largest absolute Gasteiger partial charge is 0.384 e. The Kier molecular flexibility index (Phi) is 3.96. The average Bonchev–Trinajstić information content (AvgIpc) is 2.41. The third kappa shape index (κ3) is 3.28. The highest BCUT2D eigenvalue weighted by molar-refractivity contribution is 7.89. The van der Waals surface area contributed by atoms with Crippen LogP contribution in [0, 0.1) is 11.6 Å². The molecule has 0 saturated carbocycles. The molecule has 2 aromatic rings. The zero-order chi connectivity index (χ0) is 14.8. The van der Waals surface area contributed by atoms with Gasteiger partial charge in [0, 0.05) is 12.7 Å². The third-order valence-electron chi connectivity index (χ3n) is 2.52. The summed E-state index contributed by atoms with van der Waals surface area (Å²) in [4.78, 5) is 3.61. The number of pyridine rings is 1. The number of hydrogen-bond acceptors (Lipinski definition) is 4. The van der Waals surface area contributed by atoms with Gasteiger partial charge in [0.1, 0.15) is 10.7 Å². The monoisotopic (exact) mass is 299 g/mol. The molecule has 0 aliphatic rings. The molecule has 106 valence electrons. The maximum atomic E-state index is 13.0. The van der Waals surface area contributed by atoms with Crippen molar-refractivity contribution in [2.75, 3.05) is 5.73 Å². The molecule has 0 unspecified atom stereocenters. The summed E-state index contributed by atoms with van der Waals surface area (Å²) >= 11 is 0. The van der Waals surface area contributed by atoms with Gasteiger partial charge in [-0.1, -0.05) is 6.07 Å². The number of nitrogen functional groups attached to an aromatic ring is 1. The van der Waals surface area contributed by atoms with Crippen LogP contribution in [0.4, 0.5) is 14.6 Å². The highest BCUT2D eigenvalue weighted by Crippen LogP contribution is 2.11. The second-order valence-electron chi connectivity index (χ2n) is 3.99. The first-order valence-electron chi connectivity index (χ1n) is 5.53. The van der Waals surface area contributed by atoms with Crippen molar-refractivity contribution in [2.45, 2.75) is 11.4 Å². The Morgan fingerprint density at radius 1 is 1.15 bits per heavy atom. The van der Waals surface area contributed by atoms with Crippen LogP contribution in [0.25, 0.3) is 0 Å². The van der Waals surface area contributed by atoms with Gasteiger partial charge in [0.05, 0.1) is 0 Å². The summed E-state index contributed by atoms with van der Waals surface area (Å²) in [5.41, 5.74) is 5.66. The molecule has 2 rings (SSSR count). The van der Waals surface area contributed by atoms with Crippen LogP contribution in [-0.2, 0) is 16.6 Å². The average molecular weight is 299 g/mol. The van der Waals surface area contributed by atoms with E-state index < -0.39 is 21.7 Å². The second kappa shape index (κ2) is 5.51. The summed E-state index contributed by atoms with van der Waals surface area (Å²) in [6, 6.07) is 5.81. The van der Waals surface area contributed by atoms with Crippen LogP contribution in [-0.4, -0.2) is 13.4 Å². The number of anilines is 1. The maximum absolute atomic E-state index is 13.0. The van der Waals surface area contributed by atoms with Crippen LogP contribution in [0.5, 0.6) is 0 Å². The SMILES string of the molecule is Nc1ccc(S(=O)(=O)NCc2ccc(F)c(F)c2)cn1. The molecular formula is C12H11F2N3O2S. The fourth-order valence-electron chi connectivity index (χ4n) is 1.46. The Bertz CT molecular complexity index is 718. The summed E-state index contributed by atoms with van der Waals surface area (Å²) in [5.74, 6) is -1.82. The Labute approximate surface area is 114 Å². The quantitative estimate of drug-likeness (QED) is 0.894. The van der Waals surface area contributed by atoms with Gasteiger partial charge in [-0.05, 0) is 29.8 Å². The second-order valence-corrected chi connectivity index (χ2v) is 5.76. The number of nitrogens with zero attached hydrogens (tertiary/aromatic N) is 1. The first-order valence-corrected chi connectivity index (χ1v) is 7.02. The number of sulfonamides is 1. The lowest BCUT2D eigenvalue weighted by molar-refractivity contribution is 0.506.